The number of nitrogens with zero attached hydrogens (tertiary/aromatic N) is 2. The van der Waals surface area contributed by atoms with Crippen LogP contribution in [0.15, 0.2) is 18.2 Å². The Morgan fingerprint density at radius 3 is 2.17 bits per heavy atom. The molecule has 0 radical (unpaired) electrons. The minimum atomic E-state index is 0. The molecule has 1 saturated carbocycles. The summed E-state index contributed by atoms with van der Waals surface area (Å²) in [6.45, 7) is 6.52. The maximum absolute atomic E-state index is 12.9. The maximum Gasteiger partial charge on any atom is 0.226 e. The summed E-state index contributed by atoms with van der Waals surface area (Å²) in [4.78, 5) is 17.4. The Balaban J connectivity index is 0.00000150. The van der Waals surface area contributed by atoms with Gasteiger partial charge in [0.05, 0.1) is 14.2 Å². The zero-order chi connectivity index (χ0) is 18.9. The highest BCUT2D eigenvalue weighted by atomic mass is 35.5. The molecular formula is C21H33Cl2N3O3. The van der Waals surface area contributed by atoms with Crippen LogP contribution in [0.1, 0.15) is 24.8 Å². The third-order valence-electron chi connectivity index (χ3n) is 6.59. The van der Waals surface area contributed by atoms with Crippen molar-refractivity contribution in [3.05, 3.63) is 23.8 Å². The summed E-state index contributed by atoms with van der Waals surface area (Å²) in [6.07, 6.45) is 3.44. The van der Waals surface area contributed by atoms with E-state index in [9.17, 15) is 4.79 Å². The quantitative estimate of drug-likeness (QED) is 0.754. The van der Waals surface area contributed by atoms with Gasteiger partial charge < -0.3 is 19.7 Å². The van der Waals surface area contributed by atoms with Gasteiger partial charge in [0.1, 0.15) is 11.5 Å². The smallest absolute Gasteiger partial charge is 0.226 e. The zero-order valence-corrected chi connectivity index (χ0v) is 18.9. The van der Waals surface area contributed by atoms with E-state index in [0.29, 0.717) is 11.3 Å². The van der Waals surface area contributed by atoms with Gasteiger partial charge in [-0.2, -0.15) is 0 Å². The Bertz CT molecular complexity index is 667. The first-order chi connectivity index (χ1) is 13.1. The molecule has 1 aromatic rings. The molecule has 1 unspecified atom stereocenters. The molecule has 3 aliphatic rings. The molecule has 4 rings (SSSR count). The molecule has 1 aliphatic carbocycles. The fourth-order valence-electron chi connectivity index (χ4n) is 4.74. The molecule has 2 heterocycles. The van der Waals surface area contributed by atoms with Gasteiger partial charge in [0.2, 0.25) is 5.91 Å². The van der Waals surface area contributed by atoms with Crippen LogP contribution in [-0.2, 0) is 11.3 Å². The van der Waals surface area contributed by atoms with Crippen LogP contribution in [0.4, 0.5) is 0 Å². The molecule has 29 heavy (non-hydrogen) atoms. The number of rotatable bonds is 5. The Morgan fingerprint density at radius 1 is 1.03 bits per heavy atom. The van der Waals surface area contributed by atoms with Gasteiger partial charge in [0.15, 0.2) is 0 Å². The molecule has 8 heteroatoms. The first kappa shape index (κ1) is 24.1. The summed E-state index contributed by atoms with van der Waals surface area (Å²) in [7, 11) is 3.35. The molecule has 3 fully saturated rings. The van der Waals surface area contributed by atoms with Gasteiger partial charge in [-0.3, -0.25) is 9.69 Å². The zero-order valence-electron chi connectivity index (χ0n) is 17.3. The molecule has 2 aliphatic heterocycles. The van der Waals surface area contributed by atoms with E-state index in [1.54, 1.807) is 14.2 Å². The van der Waals surface area contributed by atoms with Crippen molar-refractivity contribution < 1.29 is 14.3 Å². The third kappa shape index (κ3) is 5.29. The lowest BCUT2D eigenvalue weighted by molar-refractivity contribution is -0.135. The summed E-state index contributed by atoms with van der Waals surface area (Å²) in [5.74, 6) is 2.33. The Morgan fingerprint density at radius 2 is 1.62 bits per heavy atom. The Hall–Kier alpha value is -1.21. The maximum atomic E-state index is 12.9. The molecule has 6 nitrogen and oxygen atoms in total. The number of carbonyl (C=O) groups excluding carboxylic acids is 1. The van der Waals surface area contributed by atoms with Gasteiger partial charge in [0.25, 0.3) is 0 Å². The summed E-state index contributed by atoms with van der Waals surface area (Å²) in [5.41, 5.74) is 1.51. The standard InChI is InChI=1S/C21H31N3O3.2ClH/c1-26-17-11-16(12-18(13-17)27-2)15-23-7-9-24(10-8-23)20(25)19-14-21(19)3-5-22-6-4-21;;/h11-13,19,22H,3-10,14-15H2,1-2H3;2*1H. The first-order valence-corrected chi connectivity index (χ1v) is 10.1. The molecule has 1 N–H and O–H groups in total. The molecule has 164 valence electrons. The fraction of sp³-hybridized carbons (Fsp3) is 0.667. The number of piperidine rings is 1. The predicted molar refractivity (Wildman–Crippen MR) is 119 cm³/mol. The van der Waals surface area contributed by atoms with E-state index in [-0.39, 0.29) is 30.7 Å². The van der Waals surface area contributed by atoms with Crippen molar-refractivity contribution in [1.82, 2.24) is 15.1 Å². The monoisotopic (exact) mass is 445 g/mol. The van der Waals surface area contributed by atoms with Gasteiger partial charge in [0, 0.05) is 44.7 Å². The fourth-order valence-corrected chi connectivity index (χ4v) is 4.74. The van der Waals surface area contributed by atoms with Crippen molar-refractivity contribution >= 4 is 30.7 Å². The van der Waals surface area contributed by atoms with E-state index in [1.807, 2.05) is 6.07 Å². The highest BCUT2D eigenvalue weighted by Gasteiger charge is 2.58. The molecule has 0 aromatic heterocycles. The second-order valence-electron chi connectivity index (χ2n) is 8.19. The van der Waals surface area contributed by atoms with Gasteiger partial charge >= 0.3 is 0 Å². The molecule has 1 aromatic carbocycles. The number of ether oxygens (including phenoxy) is 2. The lowest BCUT2D eigenvalue weighted by Crippen LogP contribution is -2.49. The highest BCUT2D eigenvalue weighted by molar-refractivity contribution is 5.85. The summed E-state index contributed by atoms with van der Waals surface area (Å²) in [5, 5.41) is 3.42. The van der Waals surface area contributed by atoms with Crippen LogP contribution in [0.3, 0.4) is 0 Å². The van der Waals surface area contributed by atoms with Gasteiger partial charge in [-0.05, 0) is 55.5 Å². The van der Waals surface area contributed by atoms with Crippen molar-refractivity contribution in [2.45, 2.75) is 25.8 Å². The molecule has 2 saturated heterocycles. The number of carbonyl (C=O) groups is 1. The third-order valence-corrected chi connectivity index (χ3v) is 6.59. The summed E-state index contributed by atoms with van der Waals surface area (Å²) < 4.78 is 10.7. The molecule has 1 amide bonds. The van der Waals surface area contributed by atoms with Crippen LogP contribution < -0.4 is 14.8 Å². The molecular weight excluding hydrogens is 413 g/mol. The summed E-state index contributed by atoms with van der Waals surface area (Å²) in [6, 6.07) is 6.02. The van der Waals surface area contributed by atoms with Crippen LogP contribution in [0.5, 0.6) is 11.5 Å². The Labute approximate surface area is 186 Å². The van der Waals surface area contributed by atoms with Crippen LogP contribution in [0.2, 0.25) is 0 Å². The number of nitrogens with one attached hydrogen (secondary N) is 1. The molecule has 1 atom stereocenters. The first-order valence-electron chi connectivity index (χ1n) is 10.1. The van der Waals surface area contributed by atoms with Crippen LogP contribution in [0.25, 0.3) is 0 Å². The minimum Gasteiger partial charge on any atom is -0.497 e. The van der Waals surface area contributed by atoms with E-state index >= 15 is 0 Å². The van der Waals surface area contributed by atoms with Crippen molar-refractivity contribution in [3.8, 4) is 11.5 Å². The van der Waals surface area contributed by atoms with Gasteiger partial charge in [-0.25, -0.2) is 0 Å². The lowest BCUT2D eigenvalue weighted by Gasteiger charge is -2.35. The van der Waals surface area contributed by atoms with Crippen molar-refractivity contribution in [2.24, 2.45) is 11.3 Å². The van der Waals surface area contributed by atoms with Crippen LogP contribution in [-0.4, -0.2) is 69.2 Å². The average molecular weight is 446 g/mol. The number of halogens is 2. The average Bonchev–Trinajstić information content (AvgIpc) is 3.40. The van der Waals surface area contributed by atoms with E-state index in [2.05, 4.69) is 27.2 Å². The second kappa shape index (κ2) is 10.2. The van der Waals surface area contributed by atoms with Crippen molar-refractivity contribution in [3.63, 3.8) is 0 Å². The predicted octanol–water partition coefficient (Wildman–Crippen LogP) is 2.58. The van der Waals surface area contributed by atoms with E-state index < -0.39 is 0 Å². The van der Waals surface area contributed by atoms with Crippen molar-refractivity contribution in [1.29, 1.82) is 0 Å². The second-order valence-corrected chi connectivity index (χ2v) is 8.19. The summed E-state index contributed by atoms with van der Waals surface area (Å²) >= 11 is 0. The van der Waals surface area contributed by atoms with Crippen molar-refractivity contribution in [2.75, 3.05) is 53.5 Å². The number of amides is 1. The highest BCUT2D eigenvalue weighted by Crippen LogP contribution is 2.59. The minimum absolute atomic E-state index is 0. The van der Waals surface area contributed by atoms with Crippen LogP contribution in [0, 0.1) is 11.3 Å². The normalized spacial score (nSPS) is 23.0. The SMILES string of the molecule is COc1cc(CN2CCN(C(=O)C3CC34CCNCC4)CC2)cc(OC)c1.Cl.Cl. The van der Waals surface area contributed by atoms with E-state index in [4.69, 9.17) is 9.47 Å². The number of hydrogen-bond donors (Lipinski definition) is 1. The molecule has 0 bridgehead atoms. The molecule has 1 spiro atoms. The lowest BCUT2D eigenvalue weighted by atomic mass is 9.91. The van der Waals surface area contributed by atoms with Gasteiger partial charge in [-0.1, -0.05) is 0 Å². The van der Waals surface area contributed by atoms with E-state index in [1.165, 1.54) is 18.4 Å². The topological polar surface area (TPSA) is 54.0 Å². The number of hydrogen-bond acceptors (Lipinski definition) is 5. The van der Waals surface area contributed by atoms with E-state index in [0.717, 1.165) is 63.7 Å². The van der Waals surface area contributed by atoms with Gasteiger partial charge in [-0.15, -0.1) is 24.8 Å². The Kier molecular flexibility index (Phi) is 8.47. The van der Waals surface area contributed by atoms with Crippen LogP contribution >= 0.6 is 24.8 Å². The number of methoxy groups -OCH3 is 2. The number of benzene rings is 1. The number of piperazine rings is 1. The largest absolute Gasteiger partial charge is 0.497 e.